The molecule has 2 aromatic carbocycles. The monoisotopic (exact) mass is 434 g/mol. The van der Waals surface area contributed by atoms with E-state index in [9.17, 15) is 13.2 Å². The average Bonchev–Trinajstić information content (AvgIpc) is 2.66. The zero-order valence-electron chi connectivity index (χ0n) is 18.1. The van der Waals surface area contributed by atoms with E-state index in [1.807, 2.05) is 45.9 Å². The molecule has 7 nitrogen and oxygen atoms in total. The van der Waals surface area contributed by atoms with E-state index >= 15 is 0 Å². The van der Waals surface area contributed by atoms with E-state index in [0.29, 0.717) is 36.0 Å². The molecule has 0 fully saturated rings. The van der Waals surface area contributed by atoms with Crippen LogP contribution in [-0.2, 0) is 10.0 Å². The van der Waals surface area contributed by atoms with E-state index in [1.165, 1.54) is 6.07 Å². The first-order valence-electron chi connectivity index (χ1n) is 9.92. The van der Waals surface area contributed by atoms with Crippen molar-refractivity contribution >= 4 is 21.6 Å². The third kappa shape index (κ3) is 6.66. The summed E-state index contributed by atoms with van der Waals surface area (Å²) >= 11 is 0. The Kier molecular flexibility index (Phi) is 8.11. The van der Waals surface area contributed by atoms with Gasteiger partial charge in [-0.2, -0.15) is 0 Å². The van der Waals surface area contributed by atoms with Crippen molar-refractivity contribution in [2.45, 2.75) is 33.7 Å². The highest BCUT2D eigenvalue weighted by Gasteiger charge is 2.21. The Morgan fingerprint density at radius 3 is 2.27 bits per heavy atom. The van der Waals surface area contributed by atoms with Crippen molar-refractivity contribution < 1.29 is 22.7 Å². The summed E-state index contributed by atoms with van der Waals surface area (Å²) in [5, 5.41) is 3.05. The summed E-state index contributed by atoms with van der Waals surface area (Å²) in [6.07, 6.45) is 1.07. The van der Waals surface area contributed by atoms with E-state index in [-0.39, 0.29) is 17.9 Å². The topological polar surface area (TPSA) is 93.7 Å². The molecule has 1 amide bonds. The lowest BCUT2D eigenvalue weighted by molar-refractivity contribution is 0.0925. The second-order valence-electron chi connectivity index (χ2n) is 7.22. The predicted octanol–water partition coefficient (Wildman–Crippen LogP) is 3.98. The summed E-state index contributed by atoms with van der Waals surface area (Å²) in [5.74, 6) is 1.11. The van der Waals surface area contributed by atoms with Gasteiger partial charge in [0.25, 0.3) is 5.91 Å². The van der Waals surface area contributed by atoms with Crippen LogP contribution in [0.4, 0.5) is 5.69 Å². The van der Waals surface area contributed by atoms with Gasteiger partial charge in [0.1, 0.15) is 0 Å². The average molecular weight is 435 g/mol. The van der Waals surface area contributed by atoms with Crippen LogP contribution < -0.4 is 19.5 Å². The van der Waals surface area contributed by atoms with E-state index in [0.717, 1.165) is 11.8 Å². The maximum atomic E-state index is 12.9. The van der Waals surface area contributed by atoms with Crippen molar-refractivity contribution in [1.29, 1.82) is 0 Å². The van der Waals surface area contributed by atoms with Crippen molar-refractivity contribution in [2.75, 3.05) is 24.2 Å². The minimum absolute atomic E-state index is 0.110. The van der Waals surface area contributed by atoms with E-state index in [1.54, 1.807) is 18.2 Å². The number of anilines is 1. The minimum atomic E-state index is -3.43. The van der Waals surface area contributed by atoms with Gasteiger partial charge < -0.3 is 14.8 Å². The highest BCUT2D eigenvalue weighted by atomic mass is 32.2. The van der Waals surface area contributed by atoms with E-state index < -0.39 is 10.0 Å². The molecule has 0 heterocycles. The number of amides is 1. The quantitative estimate of drug-likeness (QED) is 0.590. The number of carbonyl (C=O) groups is 1. The molecule has 1 unspecified atom stereocenters. The second-order valence-corrected chi connectivity index (χ2v) is 8.97. The number of nitrogens with one attached hydrogen (secondary N) is 2. The Balaban J connectivity index is 2.28. The first-order valence-corrected chi connectivity index (χ1v) is 11.8. The summed E-state index contributed by atoms with van der Waals surface area (Å²) in [6, 6.07) is 11.8. The van der Waals surface area contributed by atoms with Gasteiger partial charge in [-0.15, -0.1) is 0 Å². The van der Waals surface area contributed by atoms with Crippen LogP contribution in [0, 0.1) is 5.92 Å². The maximum Gasteiger partial charge on any atom is 0.251 e. The lowest BCUT2D eigenvalue weighted by Crippen LogP contribution is -2.31. The van der Waals surface area contributed by atoms with Crippen LogP contribution in [0.5, 0.6) is 11.5 Å². The number of benzene rings is 2. The van der Waals surface area contributed by atoms with Gasteiger partial charge in [-0.3, -0.25) is 9.52 Å². The van der Waals surface area contributed by atoms with Crippen LogP contribution in [0.3, 0.4) is 0 Å². The standard InChI is InChI=1S/C22H30N2O5S/c1-6-28-19-12-11-16(14-20(19)29-7-2)21(15(3)4)23-22(25)17-9-8-10-18(13-17)24-30(5,26)27/h8-15,21,24H,6-7H2,1-5H3,(H,23,25). The Labute approximate surface area is 178 Å². The van der Waals surface area contributed by atoms with Crippen LogP contribution >= 0.6 is 0 Å². The summed E-state index contributed by atoms with van der Waals surface area (Å²) in [4.78, 5) is 12.9. The summed E-state index contributed by atoms with van der Waals surface area (Å²) in [7, 11) is -3.43. The van der Waals surface area contributed by atoms with Crippen molar-refractivity contribution in [3.05, 3.63) is 53.6 Å². The number of hydrogen-bond acceptors (Lipinski definition) is 5. The maximum absolute atomic E-state index is 12.9. The molecule has 0 spiro atoms. The zero-order valence-corrected chi connectivity index (χ0v) is 18.9. The first-order chi connectivity index (χ1) is 14.1. The molecule has 0 radical (unpaired) electrons. The van der Waals surface area contributed by atoms with Gasteiger partial charge in [0.2, 0.25) is 10.0 Å². The molecule has 0 bridgehead atoms. The number of sulfonamides is 1. The Hall–Kier alpha value is -2.74. The van der Waals surface area contributed by atoms with Gasteiger partial charge in [-0.25, -0.2) is 8.42 Å². The summed E-state index contributed by atoms with van der Waals surface area (Å²) in [5.41, 5.74) is 1.60. The smallest absolute Gasteiger partial charge is 0.251 e. The molecule has 164 valence electrons. The van der Waals surface area contributed by atoms with Gasteiger partial charge in [0, 0.05) is 11.3 Å². The van der Waals surface area contributed by atoms with Gasteiger partial charge >= 0.3 is 0 Å². The molecule has 0 aliphatic rings. The van der Waals surface area contributed by atoms with E-state index in [2.05, 4.69) is 10.0 Å². The molecule has 30 heavy (non-hydrogen) atoms. The molecule has 1 atom stereocenters. The molecule has 0 aliphatic heterocycles. The Morgan fingerprint density at radius 1 is 1.00 bits per heavy atom. The zero-order chi connectivity index (χ0) is 22.3. The number of hydrogen-bond donors (Lipinski definition) is 2. The van der Waals surface area contributed by atoms with Crippen molar-refractivity contribution in [3.8, 4) is 11.5 Å². The minimum Gasteiger partial charge on any atom is -0.490 e. The highest BCUT2D eigenvalue weighted by molar-refractivity contribution is 7.92. The van der Waals surface area contributed by atoms with Crippen LogP contribution in [0.25, 0.3) is 0 Å². The Morgan fingerprint density at radius 2 is 1.67 bits per heavy atom. The third-order valence-corrected chi connectivity index (χ3v) is 4.91. The molecular weight excluding hydrogens is 404 g/mol. The second kappa shape index (κ2) is 10.3. The summed E-state index contributed by atoms with van der Waals surface area (Å²) in [6.45, 7) is 8.88. The van der Waals surface area contributed by atoms with Gasteiger partial charge in [0.05, 0.1) is 25.5 Å². The normalized spacial score (nSPS) is 12.3. The van der Waals surface area contributed by atoms with Gasteiger partial charge in [-0.05, 0) is 55.7 Å². The van der Waals surface area contributed by atoms with Gasteiger partial charge in [0.15, 0.2) is 11.5 Å². The largest absolute Gasteiger partial charge is 0.490 e. The number of carbonyl (C=O) groups excluding carboxylic acids is 1. The fourth-order valence-electron chi connectivity index (χ4n) is 3.06. The van der Waals surface area contributed by atoms with Crippen molar-refractivity contribution in [3.63, 3.8) is 0 Å². The lowest BCUT2D eigenvalue weighted by atomic mass is 9.95. The predicted molar refractivity (Wildman–Crippen MR) is 119 cm³/mol. The molecule has 2 N–H and O–H groups in total. The van der Waals surface area contributed by atoms with Crippen LogP contribution in [0.2, 0.25) is 0 Å². The fourth-order valence-corrected chi connectivity index (χ4v) is 3.61. The molecule has 8 heteroatoms. The number of ether oxygens (including phenoxy) is 2. The molecule has 0 aliphatic carbocycles. The molecule has 0 saturated carbocycles. The molecule has 2 aromatic rings. The van der Waals surface area contributed by atoms with Crippen LogP contribution in [0.15, 0.2) is 42.5 Å². The lowest BCUT2D eigenvalue weighted by Gasteiger charge is -2.24. The molecule has 0 saturated heterocycles. The van der Waals surface area contributed by atoms with Crippen LogP contribution in [-0.4, -0.2) is 33.8 Å². The SMILES string of the molecule is CCOc1ccc(C(NC(=O)c2cccc(NS(C)(=O)=O)c2)C(C)C)cc1OCC. The molecular formula is C22H30N2O5S. The molecule has 0 aromatic heterocycles. The Bertz CT molecular complexity index is 973. The number of rotatable bonds is 10. The van der Waals surface area contributed by atoms with Gasteiger partial charge in [-0.1, -0.05) is 26.0 Å². The summed E-state index contributed by atoms with van der Waals surface area (Å²) < 4.78 is 36.6. The van der Waals surface area contributed by atoms with E-state index in [4.69, 9.17) is 9.47 Å². The highest BCUT2D eigenvalue weighted by Crippen LogP contribution is 2.33. The van der Waals surface area contributed by atoms with Crippen LogP contribution in [0.1, 0.15) is 49.7 Å². The van der Waals surface area contributed by atoms with Crippen molar-refractivity contribution in [2.24, 2.45) is 5.92 Å². The first kappa shape index (κ1) is 23.5. The third-order valence-electron chi connectivity index (χ3n) is 4.31. The van der Waals surface area contributed by atoms with Crippen molar-refractivity contribution in [1.82, 2.24) is 5.32 Å². The fraction of sp³-hybridized carbons (Fsp3) is 0.409. The molecule has 2 rings (SSSR count).